The van der Waals surface area contributed by atoms with E-state index in [-0.39, 0.29) is 0 Å². The molecule has 1 unspecified atom stereocenters. The quantitative estimate of drug-likeness (QED) is 0.833. The minimum atomic E-state index is 0.338. The van der Waals surface area contributed by atoms with Crippen LogP contribution in [0.5, 0.6) is 0 Å². The first-order valence-corrected chi connectivity index (χ1v) is 8.18. The van der Waals surface area contributed by atoms with E-state index in [4.69, 9.17) is 9.72 Å². The Hall–Kier alpha value is -1.20. The summed E-state index contributed by atoms with van der Waals surface area (Å²) in [5, 5.41) is 3.52. The number of rotatable bonds is 7. The Morgan fingerprint density at radius 1 is 1.38 bits per heavy atom. The molecule has 0 bridgehead atoms. The summed E-state index contributed by atoms with van der Waals surface area (Å²) in [6.45, 7) is 7.82. The maximum Gasteiger partial charge on any atom is 0.225 e. The van der Waals surface area contributed by atoms with Crippen molar-refractivity contribution in [3.63, 3.8) is 0 Å². The molecule has 0 radical (unpaired) electrons. The van der Waals surface area contributed by atoms with Gasteiger partial charge in [-0.1, -0.05) is 0 Å². The monoisotopic (exact) mass is 290 g/mol. The van der Waals surface area contributed by atoms with Gasteiger partial charge in [-0.3, -0.25) is 0 Å². The molecule has 5 nitrogen and oxygen atoms in total. The average Bonchev–Trinajstić information content (AvgIpc) is 3.18. The lowest BCUT2D eigenvalue weighted by atomic mass is 10.2. The van der Waals surface area contributed by atoms with Gasteiger partial charge in [-0.2, -0.15) is 0 Å². The van der Waals surface area contributed by atoms with E-state index in [1.807, 2.05) is 6.20 Å². The van der Waals surface area contributed by atoms with Crippen molar-refractivity contribution < 1.29 is 4.74 Å². The van der Waals surface area contributed by atoms with Crippen molar-refractivity contribution in [3.05, 3.63) is 17.5 Å². The van der Waals surface area contributed by atoms with Gasteiger partial charge in [0.15, 0.2) is 0 Å². The largest absolute Gasteiger partial charge is 0.376 e. The zero-order chi connectivity index (χ0) is 14.7. The molecule has 116 valence electrons. The zero-order valence-electron chi connectivity index (χ0n) is 13.1. The first kappa shape index (κ1) is 14.7. The number of nitrogens with one attached hydrogen (secondary N) is 1. The van der Waals surface area contributed by atoms with Gasteiger partial charge in [0.1, 0.15) is 0 Å². The normalized spacial score (nSPS) is 21.7. The SMILES string of the molecule is CCN(CC1CCCO1)c1ncc(CNC2CC2)c(C)n1. The second-order valence-corrected chi connectivity index (χ2v) is 6.11. The molecule has 1 N–H and O–H groups in total. The van der Waals surface area contributed by atoms with Crippen molar-refractivity contribution in [1.82, 2.24) is 15.3 Å². The number of hydrogen-bond donors (Lipinski definition) is 1. The van der Waals surface area contributed by atoms with Crippen LogP contribution in [0.3, 0.4) is 0 Å². The number of aryl methyl sites for hydroxylation is 1. The van der Waals surface area contributed by atoms with Crippen molar-refractivity contribution in [2.24, 2.45) is 0 Å². The molecule has 1 atom stereocenters. The van der Waals surface area contributed by atoms with E-state index in [2.05, 4.69) is 29.0 Å². The highest BCUT2D eigenvalue weighted by Crippen LogP contribution is 2.20. The van der Waals surface area contributed by atoms with E-state index in [0.717, 1.165) is 50.3 Å². The van der Waals surface area contributed by atoms with Crippen LogP contribution in [0.4, 0.5) is 5.95 Å². The van der Waals surface area contributed by atoms with Gasteiger partial charge in [-0.05, 0) is 39.5 Å². The molecular weight excluding hydrogens is 264 g/mol. The van der Waals surface area contributed by atoms with E-state index < -0.39 is 0 Å². The second kappa shape index (κ2) is 6.71. The first-order chi connectivity index (χ1) is 10.3. The van der Waals surface area contributed by atoms with Gasteiger partial charge in [0.05, 0.1) is 6.10 Å². The molecule has 1 aromatic rings. The third-order valence-corrected chi connectivity index (χ3v) is 4.34. The lowest BCUT2D eigenvalue weighted by Crippen LogP contribution is -2.33. The van der Waals surface area contributed by atoms with Crippen LogP contribution in [0.15, 0.2) is 6.20 Å². The lowest BCUT2D eigenvalue weighted by molar-refractivity contribution is 0.115. The Kier molecular flexibility index (Phi) is 4.70. The molecule has 21 heavy (non-hydrogen) atoms. The van der Waals surface area contributed by atoms with Crippen LogP contribution < -0.4 is 10.2 Å². The van der Waals surface area contributed by atoms with Crippen LogP contribution >= 0.6 is 0 Å². The molecule has 1 aromatic heterocycles. The fraction of sp³-hybridized carbons (Fsp3) is 0.750. The summed E-state index contributed by atoms with van der Waals surface area (Å²) in [5.74, 6) is 0.834. The van der Waals surface area contributed by atoms with Gasteiger partial charge >= 0.3 is 0 Å². The molecule has 2 fully saturated rings. The van der Waals surface area contributed by atoms with E-state index in [1.54, 1.807) is 0 Å². The van der Waals surface area contributed by atoms with Crippen molar-refractivity contribution in [3.8, 4) is 0 Å². The summed E-state index contributed by atoms with van der Waals surface area (Å²) in [5.41, 5.74) is 2.29. The molecule has 3 rings (SSSR count). The molecule has 0 aromatic carbocycles. The van der Waals surface area contributed by atoms with Crippen molar-refractivity contribution in [2.75, 3.05) is 24.6 Å². The van der Waals surface area contributed by atoms with Crippen LogP contribution in [0.2, 0.25) is 0 Å². The fourth-order valence-corrected chi connectivity index (χ4v) is 2.73. The van der Waals surface area contributed by atoms with Gasteiger partial charge < -0.3 is 15.0 Å². The van der Waals surface area contributed by atoms with Crippen molar-refractivity contribution in [1.29, 1.82) is 0 Å². The van der Waals surface area contributed by atoms with Gasteiger partial charge in [-0.25, -0.2) is 9.97 Å². The Labute approximate surface area is 127 Å². The lowest BCUT2D eigenvalue weighted by Gasteiger charge is -2.24. The maximum atomic E-state index is 5.73. The molecule has 1 saturated heterocycles. The van der Waals surface area contributed by atoms with Gasteiger partial charge in [0.2, 0.25) is 5.95 Å². The third kappa shape index (κ3) is 3.92. The summed E-state index contributed by atoms with van der Waals surface area (Å²) in [4.78, 5) is 11.5. The Balaban J connectivity index is 1.63. The summed E-state index contributed by atoms with van der Waals surface area (Å²) in [7, 11) is 0. The predicted molar refractivity (Wildman–Crippen MR) is 83.5 cm³/mol. The number of nitrogens with zero attached hydrogens (tertiary/aromatic N) is 3. The minimum absolute atomic E-state index is 0.338. The number of likely N-dealkylation sites (N-methyl/N-ethyl adjacent to an activating group) is 1. The zero-order valence-corrected chi connectivity index (χ0v) is 13.1. The summed E-state index contributed by atoms with van der Waals surface area (Å²) in [6.07, 6.45) is 7.26. The molecule has 2 aliphatic rings. The molecule has 0 spiro atoms. The van der Waals surface area contributed by atoms with Crippen LogP contribution in [0.1, 0.15) is 43.9 Å². The highest BCUT2D eigenvalue weighted by molar-refractivity contribution is 5.33. The van der Waals surface area contributed by atoms with Gasteiger partial charge in [0.25, 0.3) is 0 Å². The van der Waals surface area contributed by atoms with Crippen LogP contribution in [0, 0.1) is 6.92 Å². The smallest absolute Gasteiger partial charge is 0.225 e. The highest BCUT2D eigenvalue weighted by atomic mass is 16.5. The standard InChI is InChI=1S/C16H26N4O/c1-3-20(11-15-5-4-8-21-15)16-18-10-13(12(2)19-16)9-17-14-6-7-14/h10,14-15,17H,3-9,11H2,1-2H3. The fourth-order valence-electron chi connectivity index (χ4n) is 2.73. The maximum absolute atomic E-state index is 5.73. The predicted octanol–water partition coefficient (Wildman–Crippen LogP) is 2.04. The summed E-state index contributed by atoms with van der Waals surface area (Å²) < 4.78 is 5.73. The molecule has 1 aliphatic carbocycles. The van der Waals surface area contributed by atoms with Crippen molar-refractivity contribution >= 4 is 5.95 Å². The Bertz CT molecular complexity index is 469. The van der Waals surface area contributed by atoms with E-state index >= 15 is 0 Å². The van der Waals surface area contributed by atoms with Crippen LogP contribution in [-0.2, 0) is 11.3 Å². The van der Waals surface area contributed by atoms with Gasteiger partial charge in [0, 0.05) is 49.7 Å². The molecular formula is C16H26N4O. The van der Waals surface area contributed by atoms with Crippen LogP contribution in [0.25, 0.3) is 0 Å². The molecule has 0 amide bonds. The second-order valence-electron chi connectivity index (χ2n) is 6.11. The average molecular weight is 290 g/mol. The molecule has 1 saturated carbocycles. The number of anilines is 1. The van der Waals surface area contributed by atoms with Crippen molar-refractivity contribution in [2.45, 2.75) is 58.2 Å². The minimum Gasteiger partial charge on any atom is -0.376 e. The number of hydrogen-bond acceptors (Lipinski definition) is 5. The summed E-state index contributed by atoms with van der Waals surface area (Å²) in [6, 6.07) is 0.718. The number of ether oxygens (including phenoxy) is 1. The van der Waals surface area contributed by atoms with Gasteiger partial charge in [-0.15, -0.1) is 0 Å². The van der Waals surface area contributed by atoms with E-state index in [9.17, 15) is 0 Å². The Morgan fingerprint density at radius 2 is 2.24 bits per heavy atom. The number of aromatic nitrogens is 2. The molecule has 1 aliphatic heterocycles. The Morgan fingerprint density at radius 3 is 2.86 bits per heavy atom. The highest BCUT2D eigenvalue weighted by Gasteiger charge is 2.22. The van der Waals surface area contributed by atoms with E-state index in [0.29, 0.717) is 6.10 Å². The first-order valence-electron chi connectivity index (χ1n) is 8.18. The van der Waals surface area contributed by atoms with Crippen LogP contribution in [-0.4, -0.2) is 41.8 Å². The topological polar surface area (TPSA) is 50.3 Å². The molecule has 5 heteroatoms. The van der Waals surface area contributed by atoms with E-state index in [1.165, 1.54) is 24.8 Å². The molecule has 2 heterocycles. The third-order valence-electron chi connectivity index (χ3n) is 4.34. The summed E-state index contributed by atoms with van der Waals surface area (Å²) >= 11 is 0.